The molecule has 190 valence electrons. The molecule has 2 fully saturated rings. The third kappa shape index (κ3) is 4.59. The fourth-order valence-corrected chi connectivity index (χ4v) is 7.45. The number of rotatable bonds is 7. The molecule has 2 heterocycles. The lowest BCUT2D eigenvalue weighted by Gasteiger charge is -2.41. The first-order chi connectivity index (χ1) is 17.5. The monoisotopic (exact) mass is 484 g/mol. The van der Waals surface area contributed by atoms with Crippen LogP contribution in [0.5, 0.6) is 0 Å². The first kappa shape index (κ1) is 23.7. The molecule has 2 N–H and O–H groups in total. The van der Waals surface area contributed by atoms with Gasteiger partial charge in [-0.2, -0.15) is 0 Å². The summed E-state index contributed by atoms with van der Waals surface area (Å²) in [4.78, 5) is 18.4. The van der Waals surface area contributed by atoms with Crippen LogP contribution in [-0.2, 0) is 17.9 Å². The average molecular weight is 485 g/mol. The highest BCUT2D eigenvalue weighted by atomic mass is 16.2. The molecule has 1 saturated carbocycles. The number of hydrazine groups is 1. The normalized spacial score (nSPS) is 28.6. The zero-order valence-corrected chi connectivity index (χ0v) is 21.7. The van der Waals surface area contributed by atoms with Crippen molar-refractivity contribution in [2.45, 2.75) is 71.1 Å². The van der Waals surface area contributed by atoms with Gasteiger partial charge in [-0.15, -0.1) is 0 Å². The van der Waals surface area contributed by atoms with Gasteiger partial charge in [0.05, 0.1) is 0 Å². The average Bonchev–Trinajstić information content (AvgIpc) is 3.11. The van der Waals surface area contributed by atoms with Gasteiger partial charge in [-0.25, -0.2) is 5.43 Å². The predicted molar refractivity (Wildman–Crippen MR) is 143 cm³/mol. The number of carbonyl (C=O) groups excluding carboxylic acids is 1. The van der Waals surface area contributed by atoms with Crippen molar-refractivity contribution in [1.29, 1.82) is 0 Å². The lowest BCUT2D eigenvalue weighted by Crippen LogP contribution is -2.49. The Kier molecular flexibility index (Phi) is 6.38. The predicted octanol–water partition coefficient (Wildman–Crippen LogP) is 4.87. The Morgan fingerprint density at radius 1 is 0.972 bits per heavy atom. The van der Waals surface area contributed by atoms with Crippen LogP contribution >= 0.6 is 0 Å². The van der Waals surface area contributed by atoms with E-state index in [1.165, 1.54) is 17.5 Å². The van der Waals surface area contributed by atoms with Crippen molar-refractivity contribution in [3.8, 4) is 0 Å². The Balaban J connectivity index is 1.28. The smallest absolute Gasteiger partial charge is 0.237 e. The van der Waals surface area contributed by atoms with E-state index in [9.17, 15) is 4.79 Å². The van der Waals surface area contributed by atoms with Crippen molar-refractivity contribution >= 4 is 5.91 Å². The topological polar surface area (TPSA) is 47.6 Å². The maximum atomic E-state index is 13.1. The maximum absolute atomic E-state index is 13.1. The number of hydrogen-bond donors (Lipinski definition) is 2. The summed E-state index contributed by atoms with van der Waals surface area (Å²) in [6.07, 6.45) is 5.56. The zero-order chi connectivity index (χ0) is 24.7. The SMILES string of the molecule is CC1(C)CC2=C3C(C1)NNC(=O)C1CCCC(C31)N2CCN(Cc1ccccc1)Cc1ccccc1. The Hall–Kier alpha value is -2.63. The van der Waals surface area contributed by atoms with Crippen LogP contribution in [0.1, 0.15) is 57.1 Å². The summed E-state index contributed by atoms with van der Waals surface area (Å²) in [5, 5.41) is 0. The van der Waals surface area contributed by atoms with Gasteiger partial charge in [0.2, 0.25) is 5.91 Å². The minimum absolute atomic E-state index is 0.113. The molecule has 4 atom stereocenters. The molecule has 0 bridgehead atoms. The summed E-state index contributed by atoms with van der Waals surface area (Å²) in [5.74, 6) is 0.698. The van der Waals surface area contributed by atoms with E-state index in [1.54, 1.807) is 11.3 Å². The summed E-state index contributed by atoms with van der Waals surface area (Å²) in [6, 6.07) is 22.4. The van der Waals surface area contributed by atoms with Crippen molar-refractivity contribution < 1.29 is 4.79 Å². The van der Waals surface area contributed by atoms with Gasteiger partial charge in [0, 0.05) is 55.8 Å². The molecule has 2 aromatic carbocycles. The molecule has 2 aliphatic heterocycles. The third-order valence-electron chi connectivity index (χ3n) is 8.94. The number of amides is 1. The minimum Gasteiger partial charge on any atom is -0.370 e. The fourth-order valence-electron chi connectivity index (χ4n) is 7.45. The van der Waals surface area contributed by atoms with Crippen molar-refractivity contribution in [2.24, 2.45) is 17.3 Å². The van der Waals surface area contributed by atoms with Gasteiger partial charge < -0.3 is 4.90 Å². The lowest BCUT2D eigenvalue weighted by molar-refractivity contribution is -0.128. The molecule has 6 rings (SSSR count). The highest BCUT2D eigenvalue weighted by Gasteiger charge is 2.54. The van der Waals surface area contributed by atoms with Gasteiger partial charge in [-0.3, -0.25) is 15.1 Å². The molecule has 2 aliphatic carbocycles. The van der Waals surface area contributed by atoms with Crippen LogP contribution < -0.4 is 10.9 Å². The molecule has 2 aromatic rings. The molecule has 5 nitrogen and oxygen atoms in total. The second-order valence-corrected chi connectivity index (χ2v) is 12.1. The molecular formula is C31H40N4O. The first-order valence-electron chi connectivity index (χ1n) is 13.8. The van der Waals surface area contributed by atoms with Gasteiger partial charge in [0.1, 0.15) is 0 Å². The summed E-state index contributed by atoms with van der Waals surface area (Å²) in [7, 11) is 0. The van der Waals surface area contributed by atoms with Crippen LogP contribution in [0.2, 0.25) is 0 Å². The summed E-state index contributed by atoms with van der Waals surface area (Å²) >= 11 is 0. The first-order valence-corrected chi connectivity index (χ1v) is 13.8. The molecule has 1 saturated heterocycles. The van der Waals surface area contributed by atoms with Gasteiger partial charge >= 0.3 is 0 Å². The summed E-state index contributed by atoms with van der Waals surface area (Å²) < 4.78 is 0. The lowest BCUT2D eigenvalue weighted by atomic mass is 9.67. The van der Waals surface area contributed by atoms with E-state index >= 15 is 0 Å². The van der Waals surface area contributed by atoms with E-state index in [-0.39, 0.29) is 23.3 Å². The molecule has 5 heteroatoms. The number of carbonyl (C=O) groups is 1. The molecule has 1 amide bonds. The number of benzene rings is 2. The third-order valence-corrected chi connectivity index (χ3v) is 8.94. The maximum Gasteiger partial charge on any atom is 0.237 e. The molecular weight excluding hydrogens is 444 g/mol. The Labute approximate surface area is 215 Å². The van der Waals surface area contributed by atoms with Gasteiger partial charge in [0.25, 0.3) is 0 Å². The van der Waals surface area contributed by atoms with Crippen molar-refractivity contribution in [1.82, 2.24) is 20.7 Å². The Morgan fingerprint density at radius 3 is 2.31 bits per heavy atom. The fraction of sp³-hybridized carbons (Fsp3) is 0.516. The number of hydrogen-bond acceptors (Lipinski definition) is 4. The highest BCUT2D eigenvalue weighted by molar-refractivity contribution is 5.80. The van der Waals surface area contributed by atoms with E-state index in [0.29, 0.717) is 12.0 Å². The van der Waals surface area contributed by atoms with E-state index in [4.69, 9.17) is 0 Å². The van der Waals surface area contributed by atoms with E-state index in [2.05, 4.69) is 95.2 Å². The standard InChI is InChI=1S/C31H40N4O/c1-31(2)18-25-29-27(19-31)35(26-15-9-14-24(28(26)29)30(36)33-32-25)17-16-34(20-22-10-5-3-6-11-22)21-23-12-7-4-8-13-23/h3-8,10-13,24-26,28,32H,9,14-21H2,1-2H3,(H,33,36). The number of nitrogens with zero attached hydrogens (tertiary/aromatic N) is 2. The van der Waals surface area contributed by atoms with E-state index < -0.39 is 0 Å². The minimum atomic E-state index is 0.113. The van der Waals surface area contributed by atoms with Crippen LogP contribution in [-0.4, -0.2) is 40.9 Å². The van der Waals surface area contributed by atoms with Gasteiger partial charge in [-0.1, -0.05) is 80.9 Å². The van der Waals surface area contributed by atoms with Crippen LogP contribution in [0.4, 0.5) is 0 Å². The molecule has 36 heavy (non-hydrogen) atoms. The van der Waals surface area contributed by atoms with Crippen molar-refractivity contribution in [3.05, 3.63) is 83.1 Å². The van der Waals surface area contributed by atoms with Crippen molar-refractivity contribution in [3.63, 3.8) is 0 Å². The Bertz CT molecular complexity index is 1070. The van der Waals surface area contributed by atoms with Gasteiger partial charge in [-0.05, 0) is 47.8 Å². The molecule has 0 spiro atoms. The van der Waals surface area contributed by atoms with Crippen LogP contribution in [0.3, 0.4) is 0 Å². The largest absolute Gasteiger partial charge is 0.370 e. The zero-order valence-electron chi connectivity index (χ0n) is 21.7. The van der Waals surface area contributed by atoms with Crippen LogP contribution in [0.15, 0.2) is 71.9 Å². The summed E-state index contributed by atoms with van der Waals surface area (Å²) in [5.41, 5.74) is 12.6. The number of allylic oxidation sites excluding steroid dienone is 1. The number of nitrogens with one attached hydrogen (secondary N) is 2. The molecule has 4 aliphatic rings. The molecule has 0 radical (unpaired) electrons. The summed E-state index contributed by atoms with van der Waals surface area (Å²) in [6.45, 7) is 8.71. The molecule has 0 aromatic heterocycles. The van der Waals surface area contributed by atoms with Gasteiger partial charge in [0.15, 0.2) is 0 Å². The van der Waals surface area contributed by atoms with E-state index in [1.807, 2.05) is 0 Å². The quantitative estimate of drug-likeness (QED) is 0.589. The Morgan fingerprint density at radius 2 is 1.64 bits per heavy atom. The van der Waals surface area contributed by atoms with Crippen LogP contribution in [0, 0.1) is 17.3 Å². The van der Waals surface area contributed by atoms with E-state index in [0.717, 1.165) is 51.9 Å². The molecule has 4 unspecified atom stereocenters. The van der Waals surface area contributed by atoms with Crippen LogP contribution in [0.25, 0.3) is 0 Å². The second-order valence-electron chi connectivity index (χ2n) is 12.1. The highest BCUT2D eigenvalue weighted by Crippen LogP contribution is 2.54. The van der Waals surface area contributed by atoms with Crippen molar-refractivity contribution in [2.75, 3.05) is 13.1 Å². The second kappa shape index (κ2) is 9.68.